The Hall–Kier alpha value is -0.430. The Morgan fingerprint density at radius 1 is 1.86 bits per heavy atom. The normalized spacial score (nSPS) is 19.1. The maximum absolute atomic E-state index is 9.85. The highest BCUT2D eigenvalue weighted by Crippen LogP contribution is 2.04. The number of rotatable bonds is 1. The van der Waals surface area contributed by atoms with Crippen LogP contribution in [0.1, 0.15) is 0 Å². The molecule has 7 heavy (non-hydrogen) atoms. The van der Waals surface area contributed by atoms with Crippen LogP contribution in [0.4, 0.5) is 0 Å². The zero-order valence-electron chi connectivity index (χ0n) is 3.63. The van der Waals surface area contributed by atoms with Crippen LogP contribution in [0.15, 0.2) is 4.99 Å². The van der Waals surface area contributed by atoms with E-state index in [0.29, 0.717) is 18.8 Å². The maximum atomic E-state index is 9.85. The van der Waals surface area contributed by atoms with Crippen LogP contribution in [-0.4, -0.2) is 18.8 Å². The first-order chi connectivity index (χ1) is 3.43. The van der Waals surface area contributed by atoms with Crippen molar-refractivity contribution in [3.63, 3.8) is 0 Å². The summed E-state index contributed by atoms with van der Waals surface area (Å²) >= 11 is 0. The van der Waals surface area contributed by atoms with Gasteiger partial charge in [-0.05, 0) is 0 Å². The van der Waals surface area contributed by atoms with Crippen LogP contribution in [0, 0.1) is 0 Å². The first kappa shape index (κ1) is 4.72. The average Bonchev–Trinajstić information content (AvgIpc) is 2.14. The quantitative estimate of drug-likeness (QED) is 0.473. The van der Waals surface area contributed by atoms with Crippen molar-refractivity contribution in [1.82, 2.24) is 0 Å². The van der Waals surface area contributed by atoms with Crippen LogP contribution in [0.5, 0.6) is 0 Å². The minimum atomic E-state index is -0.100. The predicted molar refractivity (Wildman–Crippen MR) is 25.9 cm³/mol. The lowest BCUT2D eigenvalue weighted by Crippen LogP contribution is -1.86. The highest BCUT2D eigenvalue weighted by Gasteiger charge is 2.03. The summed E-state index contributed by atoms with van der Waals surface area (Å²) in [6, 6.07) is 0. The number of aliphatic imine (C=N–C) groups is 1. The summed E-state index contributed by atoms with van der Waals surface area (Å²) in [4.78, 5) is 3.72. The van der Waals surface area contributed by atoms with Crippen LogP contribution in [-0.2, 0) is 9.30 Å². The van der Waals surface area contributed by atoms with Gasteiger partial charge < -0.3 is 4.74 Å². The van der Waals surface area contributed by atoms with Gasteiger partial charge in [-0.1, -0.05) is 0 Å². The second kappa shape index (κ2) is 2.03. The Bertz CT molecular complexity index is 112. The largest absolute Gasteiger partial charge is 0.470 e. The van der Waals surface area contributed by atoms with Gasteiger partial charge in [0.1, 0.15) is 6.61 Å². The molecule has 4 heteroatoms. The summed E-state index contributed by atoms with van der Waals surface area (Å²) < 4.78 is 14.6. The third-order valence-electron chi connectivity index (χ3n) is 0.648. The second-order valence-electron chi connectivity index (χ2n) is 1.10. The van der Waals surface area contributed by atoms with Gasteiger partial charge in [0.05, 0.1) is 6.54 Å². The van der Waals surface area contributed by atoms with Crippen molar-refractivity contribution in [2.45, 2.75) is 0 Å². The molecule has 1 aliphatic rings. The lowest BCUT2D eigenvalue weighted by Gasteiger charge is -1.83. The molecule has 0 aromatic heterocycles. The van der Waals surface area contributed by atoms with Gasteiger partial charge in [-0.3, -0.25) is 4.57 Å². The van der Waals surface area contributed by atoms with E-state index < -0.39 is 0 Å². The van der Waals surface area contributed by atoms with Crippen molar-refractivity contribution >= 4 is 14.1 Å². The molecule has 0 N–H and O–H groups in total. The topological polar surface area (TPSA) is 38.7 Å². The standard InChI is InChI=1S/C3H4NO2P/c5-7-3-4-1-2-6-3/h1-2H2. The molecule has 0 aromatic rings. The van der Waals surface area contributed by atoms with Crippen molar-refractivity contribution in [3.05, 3.63) is 0 Å². The highest BCUT2D eigenvalue weighted by molar-refractivity contribution is 7.45. The van der Waals surface area contributed by atoms with Gasteiger partial charge in [-0.25, -0.2) is 4.99 Å². The molecule has 0 aliphatic carbocycles. The van der Waals surface area contributed by atoms with Crippen molar-refractivity contribution in [3.8, 4) is 0 Å². The molecule has 0 bridgehead atoms. The molecule has 3 nitrogen and oxygen atoms in total. The molecule has 1 heterocycles. The van der Waals surface area contributed by atoms with E-state index in [1.807, 2.05) is 0 Å². The SMILES string of the molecule is O=PC1=NCCO1. The number of hydrogen-bond acceptors (Lipinski definition) is 3. The van der Waals surface area contributed by atoms with Crippen LogP contribution in [0.3, 0.4) is 0 Å². The van der Waals surface area contributed by atoms with E-state index in [1.165, 1.54) is 0 Å². The molecule has 0 saturated carbocycles. The first-order valence-corrected chi connectivity index (χ1v) is 2.75. The third kappa shape index (κ3) is 0.967. The monoisotopic (exact) mass is 117 g/mol. The van der Waals surface area contributed by atoms with Crippen LogP contribution in [0.2, 0.25) is 0 Å². The average molecular weight is 117 g/mol. The minimum Gasteiger partial charge on any atom is -0.470 e. The molecule has 0 saturated heterocycles. The predicted octanol–water partition coefficient (Wildman–Crippen LogP) is 0.664. The molecule has 0 fully saturated rings. The van der Waals surface area contributed by atoms with Gasteiger partial charge in [-0.15, -0.1) is 0 Å². The molecular weight excluding hydrogens is 113 g/mol. The van der Waals surface area contributed by atoms with E-state index in [4.69, 9.17) is 4.74 Å². The minimum absolute atomic E-state index is 0.100. The molecule has 0 radical (unpaired) electrons. The van der Waals surface area contributed by atoms with Crippen LogP contribution in [0.25, 0.3) is 0 Å². The lowest BCUT2D eigenvalue weighted by molar-refractivity contribution is 0.355. The molecular formula is C3H4NO2P. The van der Waals surface area contributed by atoms with E-state index in [-0.39, 0.29) is 8.46 Å². The summed E-state index contributed by atoms with van der Waals surface area (Å²) in [7, 11) is -0.100. The fourth-order valence-corrected chi connectivity index (χ4v) is 0.681. The Labute approximate surface area is 42.6 Å². The van der Waals surface area contributed by atoms with Crippen molar-refractivity contribution < 1.29 is 9.30 Å². The summed E-state index contributed by atoms with van der Waals surface area (Å²) in [5, 5.41) is 0. The van der Waals surface area contributed by atoms with Crippen molar-refractivity contribution in [1.29, 1.82) is 0 Å². The van der Waals surface area contributed by atoms with Gasteiger partial charge in [0.2, 0.25) is 0 Å². The Morgan fingerprint density at radius 2 is 2.71 bits per heavy atom. The van der Waals surface area contributed by atoms with Crippen LogP contribution >= 0.6 is 8.46 Å². The Balaban J connectivity index is 2.51. The van der Waals surface area contributed by atoms with Gasteiger partial charge in [0, 0.05) is 0 Å². The molecule has 0 spiro atoms. The van der Waals surface area contributed by atoms with Gasteiger partial charge in [0.15, 0.2) is 0 Å². The van der Waals surface area contributed by atoms with Crippen LogP contribution < -0.4 is 0 Å². The lowest BCUT2D eigenvalue weighted by atomic mass is 10.8. The highest BCUT2D eigenvalue weighted by atomic mass is 31.1. The maximum Gasteiger partial charge on any atom is 0.279 e. The summed E-state index contributed by atoms with van der Waals surface area (Å²) in [5.41, 5.74) is 0.333. The van der Waals surface area contributed by atoms with E-state index >= 15 is 0 Å². The smallest absolute Gasteiger partial charge is 0.279 e. The van der Waals surface area contributed by atoms with E-state index in [9.17, 15) is 4.57 Å². The summed E-state index contributed by atoms with van der Waals surface area (Å²) in [6.07, 6.45) is 0. The molecule has 1 aliphatic heterocycles. The van der Waals surface area contributed by atoms with E-state index in [0.717, 1.165) is 0 Å². The Kier molecular flexibility index (Phi) is 1.37. The van der Waals surface area contributed by atoms with E-state index in [1.54, 1.807) is 0 Å². The molecule has 1 rings (SSSR count). The van der Waals surface area contributed by atoms with Gasteiger partial charge >= 0.3 is 0 Å². The first-order valence-electron chi connectivity index (χ1n) is 1.94. The molecule has 38 valence electrons. The fraction of sp³-hybridized carbons (Fsp3) is 0.667. The Morgan fingerprint density at radius 3 is 3.00 bits per heavy atom. The van der Waals surface area contributed by atoms with Crippen molar-refractivity contribution in [2.24, 2.45) is 4.99 Å². The van der Waals surface area contributed by atoms with E-state index in [2.05, 4.69) is 4.99 Å². The fourth-order valence-electron chi connectivity index (χ4n) is 0.379. The molecule has 0 aromatic carbocycles. The third-order valence-corrected chi connectivity index (χ3v) is 1.07. The summed E-state index contributed by atoms with van der Waals surface area (Å²) in [6.45, 7) is 1.25. The zero-order valence-corrected chi connectivity index (χ0v) is 4.52. The van der Waals surface area contributed by atoms with Gasteiger partial charge in [0.25, 0.3) is 14.1 Å². The number of nitrogens with zero attached hydrogens (tertiary/aromatic N) is 1. The number of ether oxygens (including phenoxy) is 1. The number of hydrogen-bond donors (Lipinski definition) is 0. The molecule has 0 atom stereocenters. The molecule has 0 amide bonds. The molecule has 0 unspecified atom stereocenters. The second-order valence-corrected chi connectivity index (χ2v) is 1.67. The van der Waals surface area contributed by atoms with Gasteiger partial charge in [-0.2, -0.15) is 0 Å². The summed E-state index contributed by atoms with van der Waals surface area (Å²) in [5.74, 6) is 0. The van der Waals surface area contributed by atoms with Crippen molar-refractivity contribution in [2.75, 3.05) is 13.2 Å². The zero-order chi connectivity index (χ0) is 5.11.